The molecular formula is C43H48N6O6. The lowest BCUT2D eigenvalue weighted by Crippen LogP contribution is -2.54. The van der Waals surface area contributed by atoms with Crippen LogP contribution >= 0.6 is 0 Å². The van der Waals surface area contributed by atoms with Crippen LogP contribution in [0, 0.1) is 0 Å². The van der Waals surface area contributed by atoms with Crippen LogP contribution in [0.3, 0.4) is 0 Å². The van der Waals surface area contributed by atoms with Crippen LogP contribution in [-0.4, -0.2) is 57.9 Å². The Labute approximate surface area is 320 Å². The largest absolute Gasteiger partial charge is 0.365 e. The zero-order chi connectivity index (χ0) is 38.7. The fourth-order valence-corrected chi connectivity index (χ4v) is 7.43. The molecule has 4 aromatic rings. The molecule has 12 nitrogen and oxygen atoms in total. The maximum absolute atomic E-state index is 13.3. The van der Waals surface area contributed by atoms with Crippen molar-refractivity contribution < 1.29 is 28.8 Å². The minimum atomic E-state index is -1.02. The van der Waals surface area contributed by atoms with E-state index in [4.69, 9.17) is 5.73 Å². The molecule has 1 fully saturated rings. The van der Waals surface area contributed by atoms with E-state index in [0.29, 0.717) is 29.8 Å². The Hall–Kier alpha value is -5.91. The van der Waals surface area contributed by atoms with Crippen molar-refractivity contribution in [1.29, 1.82) is 0 Å². The first-order valence-corrected chi connectivity index (χ1v) is 19.3. The van der Waals surface area contributed by atoms with Gasteiger partial charge in [0.15, 0.2) is 0 Å². The van der Waals surface area contributed by atoms with Crippen molar-refractivity contribution in [2.45, 2.75) is 95.9 Å². The van der Waals surface area contributed by atoms with E-state index in [9.17, 15) is 28.8 Å². The first-order valence-electron chi connectivity index (χ1n) is 19.3. The number of pyridine rings is 1. The zero-order valence-corrected chi connectivity index (χ0v) is 31.0. The molecule has 6 amide bonds. The van der Waals surface area contributed by atoms with Crippen LogP contribution in [0.15, 0.2) is 72.9 Å². The Balaban J connectivity index is 0.840. The van der Waals surface area contributed by atoms with Gasteiger partial charge in [-0.15, -0.1) is 0 Å². The molecule has 55 heavy (non-hydrogen) atoms. The van der Waals surface area contributed by atoms with E-state index in [0.717, 1.165) is 66.4 Å². The van der Waals surface area contributed by atoms with Gasteiger partial charge in [0.05, 0.1) is 27.9 Å². The first-order chi connectivity index (χ1) is 26.7. The quantitative estimate of drug-likeness (QED) is 0.0640. The van der Waals surface area contributed by atoms with Crippen molar-refractivity contribution >= 4 is 57.7 Å². The number of carbonyl (C=O) groups is 6. The summed E-state index contributed by atoms with van der Waals surface area (Å²) in [4.78, 5) is 80.5. The topological polar surface area (TPSA) is 181 Å². The molecule has 0 spiro atoms. The molecule has 0 saturated carbocycles. The Bertz CT molecular complexity index is 2080. The highest BCUT2D eigenvalue weighted by Gasteiger charge is 2.45. The highest BCUT2D eigenvalue weighted by atomic mass is 16.2. The Morgan fingerprint density at radius 2 is 1.55 bits per heavy atom. The number of aromatic nitrogens is 1. The van der Waals surface area contributed by atoms with E-state index < -0.39 is 35.6 Å². The lowest BCUT2D eigenvalue weighted by molar-refractivity contribution is -0.136. The number of unbranched alkanes of at least 4 members (excludes halogenated alkanes) is 8. The first kappa shape index (κ1) is 38.8. The number of imide groups is 2. The van der Waals surface area contributed by atoms with Gasteiger partial charge in [-0.25, -0.2) is 0 Å². The van der Waals surface area contributed by atoms with Crippen molar-refractivity contribution in [3.63, 3.8) is 0 Å². The number of anilines is 2. The molecule has 2 aliphatic rings. The maximum Gasteiger partial charge on any atom is 0.262 e. The minimum Gasteiger partial charge on any atom is -0.365 e. The molecule has 1 unspecified atom stereocenters. The molecule has 1 aromatic heterocycles. The molecule has 1 atom stereocenters. The number of nitrogens with zero attached hydrogens (tertiary/aromatic N) is 2. The molecule has 3 aromatic carbocycles. The number of rotatable bonds is 19. The summed E-state index contributed by atoms with van der Waals surface area (Å²) in [5.41, 5.74) is 10.7. The number of fused-ring (bicyclic) bond motifs is 2. The number of nitrogens with two attached hydrogens (primary N) is 1. The number of carbonyl (C=O) groups excluding carboxylic acids is 6. The average Bonchev–Trinajstić information content (AvgIpc) is 3.43. The molecule has 2 aliphatic heterocycles. The molecule has 12 heteroatoms. The number of amides is 6. The summed E-state index contributed by atoms with van der Waals surface area (Å²) in [5.74, 6) is -2.81. The lowest BCUT2D eigenvalue weighted by Gasteiger charge is -2.27. The van der Waals surface area contributed by atoms with Crippen molar-refractivity contribution in [3.8, 4) is 0 Å². The molecule has 0 bridgehead atoms. The number of piperidine rings is 1. The molecule has 0 aliphatic carbocycles. The zero-order valence-electron chi connectivity index (χ0n) is 31.0. The summed E-state index contributed by atoms with van der Waals surface area (Å²) < 4.78 is 0. The Kier molecular flexibility index (Phi) is 13.0. The van der Waals surface area contributed by atoms with Crippen LogP contribution in [0.2, 0.25) is 0 Å². The van der Waals surface area contributed by atoms with E-state index in [-0.39, 0.29) is 36.3 Å². The number of hydrogen-bond donors (Lipinski definition) is 4. The normalized spacial score (nSPS) is 15.3. The Morgan fingerprint density at radius 1 is 0.818 bits per heavy atom. The third-order valence-electron chi connectivity index (χ3n) is 10.4. The minimum absolute atomic E-state index is 0.0595. The molecule has 3 heterocycles. The van der Waals surface area contributed by atoms with Gasteiger partial charge in [0.25, 0.3) is 17.7 Å². The fourth-order valence-electron chi connectivity index (χ4n) is 7.43. The molecule has 1 saturated heterocycles. The van der Waals surface area contributed by atoms with E-state index in [1.165, 1.54) is 31.0 Å². The third-order valence-corrected chi connectivity index (χ3v) is 10.4. The Morgan fingerprint density at radius 3 is 2.27 bits per heavy atom. The van der Waals surface area contributed by atoms with Gasteiger partial charge in [0.2, 0.25) is 17.7 Å². The van der Waals surface area contributed by atoms with Gasteiger partial charge in [0, 0.05) is 36.7 Å². The van der Waals surface area contributed by atoms with E-state index in [1.807, 2.05) is 36.4 Å². The molecular weight excluding hydrogens is 697 g/mol. The number of benzene rings is 3. The van der Waals surface area contributed by atoms with Crippen LogP contribution in [0.25, 0.3) is 10.9 Å². The van der Waals surface area contributed by atoms with Gasteiger partial charge in [-0.2, -0.15) is 0 Å². The van der Waals surface area contributed by atoms with Crippen molar-refractivity contribution in [1.82, 2.24) is 20.5 Å². The second kappa shape index (κ2) is 18.4. The molecule has 6 rings (SSSR count). The SMILES string of the molecule is NC(=O)c1cnc2ccc(CCCCCCCCCCCNC(=O)CCc3cccc4c3C(=O)N(C3CCC(=O)NC3=O)C4=O)cc2c1Nc1ccccc1. The highest BCUT2D eigenvalue weighted by molar-refractivity contribution is 6.24. The summed E-state index contributed by atoms with van der Waals surface area (Å²) in [5, 5.41) is 9.43. The van der Waals surface area contributed by atoms with Crippen LogP contribution in [0.4, 0.5) is 11.4 Å². The van der Waals surface area contributed by atoms with Crippen molar-refractivity contribution in [2.75, 3.05) is 11.9 Å². The van der Waals surface area contributed by atoms with Crippen molar-refractivity contribution in [2.24, 2.45) is 5.73 Å². The lowest BCUT2D eigenvalue weighted by atomic mass is 9.99. The second-order valence-corrected chi connectivity index (χ2v) is 14.3. The van der Waals surface area contributed by atoms with Crippen molar-refractivity contribution in [3.05, 3.63) is 101 Å². The summed E-state index contributed by atoms with van der Waals surface area (Å²) in [6, 6.07) is 19.9. The van der Waals surface area contributed by atoms with Crippen LogP contribution in [0.1, 0.15) is 119 Å². The number of hydrogen-bond acceptors (Lipinski definition) is 8. The summed E-state index contributed by atoms with van der Waals surface area (Å²) in [7, 11) is 0. The summed E-state index contributed by atoms with van der Waals surface area (Å²) in [6.07, 6.45) is 13.1. The predicted molar refractivity (Wildman–Crippen MR) is 210 cm³/mol. The van der Waals surface area contributed by atoms with E-state index >= 15 is 0 Å². The molecule has 286 valence electrons. The van der Waals surface area contributed by atoms with Gasteiger partial charge < -0.3 is 16.4 Å². The van der Waals surface area contributed by atoms with Crippen LogP contribution < -0.4 is 21.7 Å². The van der Waals surface area contributed by atoms with Crippen LogP contribution in [-0.2, 0) is 27.2 Å². The number of nitrogens with one attached hydrogen (secondary N) is 3. The molecule has 5 N–H and O–H groups in total. The maximum atomic E-state index is 13.3. The van der Waals surface area contributed by atoms with Gasteiger partial charge >= 0.3 is 0 Å². The second-order valence-electron chi connectivity index (χ2n) is 14.3. The third kappa shape index (κ3) is 9.61. The molecule has 0 radical (unpaired) electrons. The number of primary amides is 1. The van der Waals surface area contributed by atoms with Gasteiger partial charge in [-0.05, 0) is 73.6 Å². The van der Waals surface area contributed by atoms with E-state index in [1.54, 1.807) is 18.2 Å². The summed E-state index contributed by atoms with van der Waals surface area (Å²) in [6.45, 7) is 0.588. The highest BCUT2D eigenvalue weighted by Crippen LogP contribution is 2.32. The monoisotopic (exact) mass is 744 g/mol. The van der Waals surface area contributed by atoms with E-state index in [2.05, 4.69) is 33.1 Å². The number of aryl methyl sites for hydroxylation is 2. The van der Waals surface area contributed by atoms with Gasteiger partial charge in [-0.1, -0.05) is 81.3 Å². The van der Waals surface area contributed by atoms with Gasteiger partial charge in [-0.3, -0.25) is 44.0 Å². The van der Waals surface area contributed by atoms with Crippen LogP contribution in [0.5, 0.6) is 0 Å². The van der Waals surface area contributed by atoms with Gasteiger partial charge in [0.1, 0.15) is 6.04 Å². The average molecular weight is 745 g/mol. The summed E-state index contributed by atoms with van der Waals surface area (Å²) >= 11 is 0. The predicted octanol–water partition coefficient (Wildman–Crippen LogP) is 6.28. The number of para-hydroxylation sites is 1. The standard InChI is InChI=1S/C43H48N6O6/c44-40(52)33-27-46-34-21-19-28(26-32(34)39(33)47-30-16-10-8-11-17-30)14-9-6-4-2-1-3-5-7-12-25-45-36(50)23-20-29-15-13-18-31-38(29)43(55)49(42(31)54)35-22-24-37(51)48-41(35)53/h8,10-11,13,15-19,21,26-27,35H,1-7,9,12,14,20,22-25H2,(H2,44,52)(H,45,50)(H,46,47)(H,48,51,53). The fraction of sp³-hybridized carbons (Fsp3) is 0.372. The smallest absolute Gasteiger partial charge is 0.262 e.